The molecule has 0 heterocycles. The van der Waals surface area contributed by atoms with Crippen molar-refractivity contribution in [3.8, 4) is 0 Å². The monoisotopic (exact) mass is 304 g/mol. The van der Waals surface area contributed by atoms with Crippen molar-refractivity contribution in [1.82, 2.24) is 0 Å². The number of thioether (sulfide) groups is 1. The molecule has 0 aromatic heterocycles. The van der Waals surface area contributed by atoms with Crippen LogP contribution in [0, 0.1) is 0 Å². The maximum atomic E-state index is 11.4. The molecule has 0 saturated heterocycles. The van der Waals surface area contributed by atoms with Crippen molar-refractivity contribution in [1.29, 1.82) is 0 Å². The van der Waals surface area contributed by atoms with E-state index in [0.29, 0.717) is 20.9 Å². The third-order valence-electron chi connectivity index (χ3n) is 3.10. The summed E-state index contributed by atoms with van der Waals surface area (Å²) in [5.41, 5.74) is 0.716. The topological polar surface area (TPSA) is 37.3 Å². The van der Waals surface area contributed by atoms with Gasteiger partial charge >= 0.3 is 5.97 Å². The summed E-state index contributed by atoms with van der Waals surface area (Å²) in [7, 11) is 0. The fourth-order valence-corrected chi connectivity index (χ4v) is 3.89. The summed E-state index contributed by atoms with van der Waals surface area (Å²) in [4.78, 5) is 11.4. The van der Waals surface area contributed by atoms with Gasteiger partial charge in [0.1, 0.15) is 5.25 Å². The Labute approximate surface area is 121 Å². The van der Waals surface area contributed by atoms with E-state index in [2.05, 4.69) is 0 Å². The Morgan fingerprint density at radius 1 is 1.28 bits per heavy atom. The van der Waals surface area contributed by atoms with Crippen LogP contribution in [0.1, 0.15) is 36.5 Å². The van der Waals surface area contributed by atoms with E-state index in [1.54, 1.807) is 18.2 Å². The van der Waals surface area contributed by atoms with Crippen molar-refractivity contribution < 1.29 is 9.90 Å². The summed E-state index contributed by atoms with van der Waals surface area (Å²) in [5, 5.41) is 10.1. The summed E-state index contributed by atoms with van der Waals surface area (Å²) in [6.45, 7) is 0. The van der Waals surface area contributed by atoms with Crippen molar-refractivity contribution in [3.63, 3.8) is 0 Å². The quantitative estimate of drug-likeness (QED) is 0.868. The largest absolute Gasteiger partial charge is 0.480 e. The van der Waals surface area contributed by atoms with E-state index in [9.17, 15) is 9.90 Å². The predicted molar refractivity (Wildman–Crippen MR) is 76.7 cm³/mol. The Balaban J connectivity index is 2.17. The highest BCUT2D eigenvalue weighted by Gasteiger charge is 2.27. The first-order chi connectivity index (χ1) is 8.58. The minimum Gasteiger partial charge on any atom is -0.480 e. The van der Waals surface area contributed by atoms with E-state index in [-0.39, 0.29) is 0 Å². The second-order valence-electron chi connectivity index (χ2n) is 4.43. The first-order valence-electron chi connectivity index (χ1n) is 5.91. The van der Waals surface area contributed by atoms with E-state index >= 15 is 0 Å². The lowest BCUT2D eigenvalue weighted by atomic mass is 10.1. The predicted octanol–water partition coefficient (Wildman–Crippen LogP) is 4.79. The highest BCUT2D eigenvalue weighted by molar-refractivity contribution is 8.00. The summed E-state index contributed by atoms with van der Waals surface area (Å²) in [6, 6.07) is 5.06. The Morgan fingerprint density at radius 2 is 1.94 bits per heavy atom. The van der Waals surface area contributed by atoms with Gasteiger partial charge in [0.2, 0.25) is 0 Å². The molecule has 1 atom stereocenters. The van der Waals surface area contributed by atoms with Crippen molar-refractivity contribution >= 4 is 40.9 Å². The third-order valence-corrected chi connectivity index (χ3v) is 5.44. The van der Waals surface area contributed by atoms with Gasteiger partial charge in [0, 0.05) is 5.25 Å². The van der Waals surface area contributed by atoms with E-state index in [0.717, 1.165) is 12.8 Å². The fraction of sp³-hybridized carbons (Fsp3) is 0.462. The number of benzene rings is 1. The highest BCUT2D eigenvalue weighted by Crippen LogP contribution is 2.40. The lowest BCUT2D eigenvalue weighted by molar-refractivity contribution is -0.136. The van der Waals surface area contributed by atoms with Crippen LogP contribution in [0.4, 0.5) is 0 Å². The number of halogens is 2. The first-order valence-corrected chi connectivity index (χ1v) is 7.61. The third kappa shape index (κ3) is 3.34. The van der Waals surface area contributed by atoms with Crippen LogP contribution in [0.15, 0.2) is 18.2 Å². The summed E-state index contributed by atoms with van der Waals surface area (Å²) < 4.78 is 0. The molecule has 1 unspecified atom stereocenters. The van der Waals surface area contributed by atoms with Gasteiger partial charge in [-0.05, 0) is 30.5 Å². The molecule has 2 nitrogen and oxygen atoms in total. The average Bonchev–Trinajstić information content (AvgIpc) is 2.82. The van der Waals surface area contributed by atoms with E-state index < -0.39 is 11.2 Å². The number of carbonyl (C=O) groups is 1. The Morgan fingerprint density at radius 3 is 2.50 bits per heavy atom. The zero-order valence-corrected chi connectivity index (χ0v) is 12.1. The van der Waals surface area contributed by atoms with Crippen molar-refractivity contribution in [3.05, 3.63) is 33.8 Å². The van der Waals surface area contributed by atoms with Crippen LogP contribution in [0.2, 0.25) is 10.0 Å². The van der Waals surface area contributed by atoms with Gasteiger partial charge in [0.05, 0.1) is 10.0 Å². The molecule has 1 aliphatic rings. The van der Waals surface area contributed by atoms with Gasteiger partial charge in [-0.2, -0.15) is 0 Å². The second-order valence-corrected chi connectivity index (χ2v) is 6.66. The molecular formula is C13H14Cl2O2S. The lowest BCUT2D eigenvalue weighted by Gasteiger charge is -2.17. The average molecular weight is 305 g/mol. The van der Waals surface area contributed by atoms with Crippen LogP contribution in [0.5, 0.6) is 0 Å². The van der Waals surface area contributed by atoms with Crippen molar-refractivity contribution in [2.24, 2.45) is 0 Å². The van der Waals surface area contributed by atoms with Gasteiger partial charge in [-0.3, -0.25) is 4.79 Å². The Bertz CT molecular complexity index is 445. The molecular weight excluding hydrogens is 291 g/mol. The molecule has 1 fully saturated rings. The normalized spacial score (nSPS) is 17.9. The molecule has 98 valence electrons. The molecule has 2 rings (SSSR count). The van der Waals surface area contributed by atoms with Gasteiger partial charge in [-0.15, -0.1) is 11.8 Å². The zero-order valence-electron chi connectivity index (χ0n) is 9.73. The number of hydrogen-bond acceptors (Lipinski definition) is 2. The lowest BCUT2D eigenvalue weighted by Crippen LogP contribution is -2.11. The van der Waals surface area contributed by atoms with E-state index in [1.807, 2.05) is 0 Å². The fourth-order valence-electron chi connectivity index (χ4n) is 2.17. The zero-order chi connectivity index (χ0) is 13.1. The number of aliphatic carboxylic acids is 1. The standard InChI is InChI=1S/C13H14Cl2O2S/c14-10-6-5-8(7-11(10)15)12(13(16)17)18-9-3-1-2-4-9/h5-7,9,12H,1-4H2,(H,16,17). The van der Waals surface area contributed by atoms with Crippen molar-refractivity contribution in [2.45, 2.75) is 36.2 Å². The number of carboxylic acid groups (broad SMARTS) is 1. The van der Waals surface area contributed by atoms with E-state index in [4.69, 9.17) is 23.2 Å². The maximum absolute atomic E-state index is 11.4. The van der Waals surface area contributed by atoms with Gasteiger partial charge in [-0.25, -0.2) is 0 Å². The molecule has 0 aliphatic heterocycles. The van der Waals surface area contributed by atoms with Crippen LogP contribution in [-0.4, -0.2) is 16.3 Å². The molecule has 0 radical (unpaired) electrons. The minimum absolute atomic E-state index is 0.410. The minimum atomic E-state index is -0.815. The molecule has 0 spiro atoms. The number of carboxylic acids is 1. The van der Waals surface area contributed by atoms with Crippen LogP contribution >= 0.6 is 35.0 Å². The van der Waals surface area contributed by atoms with Gasteiger partial charge in [0.25, 0.3) is 0 Å². The Kier molecular flexibility index (Phi) is 4.82. The number of hydrogen-bond donors (Lipinski definition) is 1. The molecule has 18 heavy (non-hydrogen) atoms. The molecule has 1 aromatic rings. The van der Waals surface area contributed by atoms with Crippen LogP contribution < -0.4 is 0 Å². The molecule has 0 bridgehead atoms. The molecule has 0 amide bonds. The van der Waals surface area contributed by atoms with E-state index in [1.165, 1.54) is 24.6 Å². The summed E-state index contributed by atoms with van der Waals surface area (Å²) in [5.74, 6) is -0.815. The smallest absolute Gasteiger partial charge is 0.321 e. The maximum Gasteiger partial charge on any atom is 0.321 e. The first kappa shape index (κ1) is 14.0. The van der Waals surface area contributed by atoms with Gasteiger partial charge in [-0.1, -0.05) is 42.1 Å². The Hall–Kier alpha value is -0.380. The molecule has 1 N–H and O–H groups in total. The van der Waals surface area contributed by atoms with Gasteiger partial charge < -0.3 is 5.11 Å². The molecule has 1 aliphatic carbocycles. The second kappa shape index (κ2) is 6.18. The summed E-state index contributed by atoms with van der Waals surface area (Å²) in [6.07, 6.45) is 4.61. The number of rotatable bonds is 4. The van der Waals surface area contributed by atoms with Crippen LogP contribution in [0.3, 0.4) is 0 Å². The summed E-state index contributed by atoms with van der Waals surface area (Å²) >= 11 is 13.3. The molecule has 1 saturated carbocycles. The SMILES string of the molecule is O=C(O)C(SC1CCCC1)c1ccc(Cl)c(Cl)c1. The van der Waals surface area contributed by atoms with Gasteiger partial charge in [0.15, 0.2) is 0 Å². The highest BCUT2D eigenvalue weighted by atomic mass is 35.5. The van der Waals surface area contributed by atoms with Crippen LogP contribution in [-0.2, 0) is 4.79 Å². The van der Waals surface area contributed by atoms with Crippen molar-refractivity contribution in [2.75, 3.05) is 0 Å². The molecule has 5 heteroatoms. The van der Waals surface area contributed by atoms with Crippen LogP contribution in [0.25, 0.3) is 0 Å². The molecule has 1 aromatic carbocycles.